The molecule has 0 aromatic carbocycles. The van der Waals surface area contributed by atoms with Crippen LogP contribution >= 0.6 is 0 Å². The number of rotatable bonds is 9. The van der Waals surface area contributed by atoms with Gasteiger partial charge in [0.05, 0.1) is 13.1 Å². The summed E-state index contributed by atoms with van der Waals surface area (Å²) in [7, 11) is 2.89. The van der Waals surface area contributed by atoms with E-state index < -0.39 is 120 Å². The van der Waals surface area contributed by atoms with Crippen LogP contribution in [0, 0.1) is 23.7 Å². The van der Waals surface area contributed by atoms with Crippen molar-refractivity contribution >= 4 is 59.1 Å². The van der Waals surface area contributed by atoms with Crippen LogP contribution in [0.15, 0.2) is 0 Å². The highest BCUT2D eigenvalue weighted by molar-refractivity contribution is 5.99. The van der Waals surface area contributed by atoms with E-state index >= 15 is 0 Å². The first-order chi connectivity index (χ1) is 33.9. The number of amides is 10. The number of hydrogen-bond acceptors (Lipinski definition) is 11. The predicted molar refractivity (Wildman–Crippen MR) is 268 cm³/mol. The van der Waals surface area contributed by atoms with Gasteiger partial charge in [-0.25, -0.2) is 0 Å². The van der Waals surface area contributed by atoms with Crippen LogP contribution < -0.4 is 21.3 Å². The quantitative estimate of drug-likeness (QED) is 0.253. The second-order valence-corrected chi connectivity index (χ2v) is 21.7. The van der Waals surface area contributed by atoms with Crippen LogP contribution in [-0.2, 0) is 52.7 Å². The predicted octanol–water partition coefficient (Wildman–Crippen LogP) is 0.877. The Morgan fingerprint density at radius 3 is 1.36 bits per heavy atom. The van der Waals surface area contributed by atoms with Gasteiger partial charge in [-0.2, -0.15) is 0 Å². The molecule has 4 saturated heterocycles. The summed E-state index contributed by atoms with van der Waals surface area (Å²) in [5.41, 5.74) is 0. The first-order valence-corrected chi connectivity index (χ1v) is 26.4. The van der Waals surface area contributed by atoms with Crippen LogP contribution in [0.25, 0.3) is 0 Å². The molecule has 0 aromatic heterocycles. The standard InChI is InChI=1S/C51H86N10O11/c1-13-58-28-42(62)53-37(24-30(2)3)48(68)57(12)35(10)45(65)55-39(26-32(6)7)49(69)61-21-15-17-41(61)51(71)59(27-36-18-22-72-23-19-36)29-43(63)54-38(25-31(4)5)47(67)56(11)34(9)44(64)52-33(8)46(66)60-20-14-16-40(60)50(58)70/h30-41H,13-29H2,1-12H3,(H,52,64)(H,53,62)(H,54,63)(H,55,65)/t33-,34-,35-,37-,38?,39-,40+,41+/m0/s1. The van der Waals surface area contributed by atoms with E-state index in [0.717, 1.165) is 0 Å². The summed E-state index contributed by atoms with van der Waals surface area (Å²) < 4.78 is 5.59. The number of carbonyl (C=O) groups is 10. The highest BCUT2D eigenvalue weighted by Crippen LogP contribution is 2.26. The molecule has 4 fully saturated rings. The summed E-state index contributed by atoms with van der Waals surface area (Å²) in [5.74, 6) is -5.67. The molecule has 4 aliphatic rings. The van der Waals surface area contributed by atoms with Gasteiger partial charge in [0.15, 0.2) is 0 Å². The van der Waals surface area contributed by atoms with E-state index in [2.05, 4.69) is 21.3 Å². The van der Waals surface area contributed by atoms with Crippen molar-refractivity contribution in [3.8, 4) is 0 Å². The van der Waals surface area contributed by atoms with Crippen molar-refractivity contribution < 1.29 is 52.7 Å². The highest BCUT2D eigenvalue weighted by atomic mass is 16.5. The zero-order valence-corrected chi connectivity index (χ0v) is 45.1. The maximum atomic E-state index is 14.8. The van der Waals surface area contributed by atoms with Crippen LogP contribution in [0.1, 0.15) is 127 Å². The Kier molecular flexibility index (Phi) is 22.3. The minimum atomic E-state index is -1.10. The van der Waals surface area contributed by atoms with E-state index in [1.165, 1.54) is 64.3 Å². The fourth-order valence-corrected chi connectivity index (χ4v) is 10.1. The lowest BCUT2D eigenvalue weighted by atomic mass is 9.98. The van der Waals surface area contributed by atoms with Gasteiger partial charge in [0.2, 0.25) is 59.1 Å². The molecular weight excluding hydrogens is 929 g/mol. The van der Waals surface area contributed by atoms with Crippen LogP contribution in [0.3, 0.4) is 0 Å². The number of ether oxygens (including phenoxy) is 1. The Morgan fingerprint density at radius 2 is 0.917 bits per heavy atom. The van der Waals surface area contributed by atoms with E-state index in [-0.39, 0.29) is 69.1 Å². The van der Waals surface area contributed by atoms with E-state index in [9.17, 15) is 47.9 Å². The summed E-state index contributed by atoms with van der Waals surface area (Å²) in [4.78, 5) is 150. The summed E-state index contributed by atoms with van der Waals surface area (Å²) in [6.07, 6.45) is 3.59. The fourth-order valence-electron chi connectivity index (χ4n) is 10.1. The zero-order chi connectivity index (χ0) is 53.7. The van der Waals surface area contributed by atoms with Gasteiger partial charge in [0, 0.05) is 53.5 Å². The molecule has 21 heteroatoms. The lowest BCUT2D eigenvalue weighted by molar-refractivity contribution is -0.149. The zero-order valence-electron chi connectivity index (χ0n) is 45.1. The summed E-state index contributed by atoms with van der Waals surface area (Å²) in [6.45, 7) is 18.5. The second kappa shape index (κ2) is 27.1. The molecule has 72 heavy (non-hydrogen) atoms. The van der Waals surface area contributed by atoms with Crippen molar-refractivity contribution in [2.75, 3.05) is 66.6 Å². The van der Waals surface area contributed by atoms with Crippen LogP contribution in [0.2, 0.25) is 0 Å². The second-order valence-electron chi connectivity index (χ2n) is 21.7. The molecular formula is C51H86N10O11. The molecule has 0 bridgehead atoms. The van der Waals surface area contributed by atoms with Gasteiger partial charge in [0.25, 0.3) is 0 Å². The molecule has 0 aromatic rings. The van der Waals surface area contributed by atoms with Crippen molar-refractivity contribution in [3.63, 3.8) is 0 Å². The van der Waals surface area contributed by atoms with Crippen molar-refractivity contribution in [1.29, 1.82) is 0 Å². The lowest BCUT2D eigenvalue weighted by Crippen LogP contribution is -2.60. The average molecular weight is 1020 g/mol. The van der Waals surface area contributed by atoms with Gasteiger partial charge >= 0.3 is 0 Å². The van der Waals surface area contributed by atoms with Gasteiger partial charge in [-0.15, -0.1) is 0 Å². The molecule has 4 aliphatic heterocycles. The fraction of sp³-hybridized carbons (Fsp3) is 0.804. The van der Waals surface area contributed by atoms with Crippen LogP contribution in [-0.4, -0.2) is 203 Å². The van der Waals surface area contributed by atoms with E-state index in [0.29, 0.717) is 51.7 Å². The molecule has 8 atom stereocenters. The minimum Gasteiger partial charge on any atom is -0.381 e. The minimum absolute atomic E-state index is 0.00208. The number of fused-ring (bicyclic) bond motifs is 2. The first-order valence-electron chi connectivity index (χ1n) is 26.4. The van der Waals surface area contributed by atoms with Crippen LogP contribution in [0.4, 0.5) is 0 Å². The Balaban J connectivity index is 1.74. The number of hydrogen-bond donors (Lipinski definition) is 4. The molecule has 0 aliphatic carbocycles. The van der Waals surface area contributed by atoms with Gasteiger partial charge in [-0.05, 0) is 109 Å². The summed E-state index contributed by atoms with van der Waals surface area (Å²) in [6, 6.07) is -8.38. The molecule has 0 radical (unpaired) electrons. The number of carbonyl (C=O) groups excluding carboxylic acids is 10. The molecule has 0 spiro atoms. The molecule has 4 heterocycles. The lowest BCUT2D eigenvalue weighted by Gasteiger charge is -2.36. The molecule has 21 nitrogen and oxygen atoms in total. The molecule has 0 saturated carbocycles. The Hall–Kier alpha value is -5.34. The summed E-state index contributed by atoms with van der Waals surface area (Å²) >= 11 is 0. The van der Waals surface area contributed by atoms with E-state index in [4.69, 9.17) is 4.74 Å². The SMILES string of the molecule is CCN1CC(=O)N[C@@H](CC(C)C)C(=O)N(C)[C@@H](C)C(=O)N[C@@H](CC(C)C)C(=O)N2CCC[C@@H]2C(=O)N(CC2CCOCC2)CC(=O)NC(CC(C)C)C(=O)N(C)[C@@H](C)C(=O)N[C@@H](C)C(=O)N2CCC[C@@H]2C1=O. The summed E-state index contributed by atoms with van der Waals surface area (Å²) in [5, 5.41) is 11.2. The van der Waals surface area contributed by atoms with E-state index in [1.54, 1.807) is 6.92 Å². The molecule has 1 unspecified atom stereocenters. The Morgan fingerprint density at radius 1 is 0.514 bits per heavy atom. The number of nitrogens with zero attached hydrogens (tertiary/aromatic N) is 6. The third-order valence-corrected chi connectivity index (χ3v) is 14.5. The number of nitrogens with one attached hydrogen (secondary N) is 4. The van der Waals surface area contributed by atoms with Gasteiger partial charge in [0.1, 0.15) is 48.3 Å². The van der Waals surface area contributed by atoms with Crippen molar-refractivity contribution in [2.24, 2.45) is 23.7 Å². The topological polar surface area (TPSA) is 247 Å². The third kappa shape index (κ3) is 15.8. The average Bonchev–Trinajstić information content (AvgIpc) is 4.03. The molecule has 4 rings (SSSR count). The Labute approximate surface area is 426 Å². The smallest absolute Gasteiger partial charge is 0.245 e. The largest absolute Gasteiger partial charge is 0.381 e. The highest BCUT2D eigenvalue weighted by Gasteiger charge is 2.43. The van der Waals surface area contributed by atoms with Crippen LogP contribution in [0.5, 0.6) is 0 Å². The van der Waals surface area contributed by atoms with Gasteiger partial charge in [-0.1, -0.05) is 41.5 Å². The van der Waals surface area contributed by atoms with Crippen molar-refractivity contribution in [3.05, 3.63) is 0 Å². The Bertz CT molecular complexity index is 1960. The molecule has 406 valence electrons. The molecule has 10 amide bonds. The first kappa shape index (κ1) is 59.2. The monoisotopic (exact) mass is 1010 g/mol. The van der Waals surface area contributed by atoms with E-state index in [1.807, 2.05) is 41.5 Å². The maximum absolute atomic E-state index is 14.8. The number of likely N-dealkylation sites (N-methyl/N-ethyl adjacent to an activating group) is 3. The molecule has 4 N–H and O–H groups in total. The van der Waals surface area contributed by atoms with Gasteiger partial charge < -0.3 is 55.4 Å². The third-order valence-electron chi connectivity index (χ3n) is 14.5. The normalized spacial score (nSPS) is 28.7. The maximum Gasteiger partial charge on any atom is 0.245 e. The van der Waals surface area contributed by atoms with Crippen molar-refractivity contribution in [1.82, 2.24) is 50.7 Å². The van der Waals surface area contributed by atoms with Gasteiger partial charge in [-0.3, -0.25) is 47.9 Å². The van der Waals surface area contributed by atoms with Crippen molar-refractivity contribution in [2.45, 2.75) is 175 Å².